The summed E-state index contributed by atoms with van der Waals surface area (Å²) >= 11 is 6.02. The molecule has 0 amide bonds. The number of hydrazine groups is 1. The number of halogens is 1. The van der Waals surface area contributed by atoms with Crippen molar-refractivity contribution >= 4 is 11.6 Å². The number of nitrogens with two attached hydrogens (primary N) is 1. The van der Waals surface area contributed by atoms with Crippen LogP contribution in [-0.4, -0.2) is 6.04 Å². The maximum Gasteiger partial charge on any atom is 0.0408 e. The third-order valence-electron chi connectivity index (χ3n) is 4.25. The Kier molecular flexibility index (Phi) is 6.15. The Labute approximate surface area is 121 Å². The smallest absolute Gasteiger partial charge is 0.0408 e. The van der Waals surface area contributed by atoms with Gasteiger partial charge in [0.2, 0.25) is 0 Å². The second-order valence-corrected chi connectivity index (χ2v) is 6.22. The van der Waals surface area contributed by atoms with Crippen molar-refractivity contribution < 1.29 is 0 Å². The fraction of sp³-hybridized carbons (Fsp3) is 0.625. The molecule has 1 unspecified atom stereocenters. The van der Waals surface area contributed by atoms with Crippen LogP contribution < -0.4 is 11.3 Å². The van der Waals surface area contributed by atoms with Gasteiger partial charge in [0.1, 0.15) is 0 Å². The fourth-order valence-corrected chi connectivity index (χ4v) is 3.32. The zero-order valence-electron chi connectivity index (χ0n) is 11.6. The number of rotatable bonds is 6. The second-order valence-electron chi connectivity index (χ2n) is 5.78. The van der Waals surface area contributed by atoms with Crippen molar-refractivity contribution in [1.29, 1.82) is 0 Å². The topological polar surface area (TPSA) is 38.0 Å². The average Bonchev–Trinajstić information content (AvgIpc) is 2.44. The highest BCUT2D eigenvalue weighted by molar-refractivity contribution is 6.30. The molecular formula is C16H25ClN2. The van der Waals surface area contributed by atoms with Gasteiger partial charge in [0.15, 0.2) is 0 Å². The van der Waals surface area contributed by atoms with Crippen LogP contribution >= 0.6 is 11.6 Å². The van der Waals surface area contributed by atoms with Gasteiger partial charge in [-0.1, -0.05) is 55.8 Å². The molecule has 0 spiro atoms. The molecule has 1 aromatic rings. The average molecular weight is 281 g/mol. The summed E-state index contributed by atoms with van der Waals surface area (Å²) in [7, 11) is 0. The van der Waals surface area contributed by atoms with Crippen LogP contribution in [0.3, 0.4) is 0 Å². The summed E-state index contributed by atoms with van der Waals surface area (Å²) in [5.41, 5.74) is 4.23. The van der Waals surface area contributed by atoms with Crippen LogP contribution in [0.2, 0.25) is 5.02 Å². The second kappa shape index (κ2) is 7.88. The molecule has 1 aliphatic carbocycles. The molecule has 3 heteroatoms. The van der Waals surface area contributed by atoms with E-state index in [1.54, 1.807) is 0 Å². The van der Waals surface area contributed by atoms with Gasteiger partial charge in [-0.15, -0.1) is 0 Å². The largest absolute Gasteiger partial charge is 0.271 e. The Balaban J connectivity index is 1.79. The molecule has 0 heterocycles. The number of hydrogen-bond acceptors (Lipinski definition) is 2. The van der Waals surface area contributed by atoms with E-state index in [-0.39, 0.29) is 0 Å². The van der Waals surface area contributed by atoms with Gasteiger partial charge in [-0.3, -0.25) is 11.3 Å². The van der Waals surface area contributed by atoms with E-state index < -0.39 is 0 Å². The Hall–Kier alpha value is -0.570. The summed E-state index contributed by atoms with van der Waals surface area (Å²) in [6.45, 7) is 0. The van der Waals surface area contributed by atoms with Gasteiger partial charge in [-0.05, 0) is 42.9 Å². The predicted octanol–water partition coefficient (Wildman–Crippen LogP) is 4.07. The van der Waals surface area contributed by atoms with Crippen molar-refractivity contribution in [3.63, 3.8) is 0 Å². The molecule has 0 bridgehead atoms. The number of hydrogen-bond donors (Lipinski definition) is 2. The van der Waals surface area contributed by atoms with Crippen LogP contribution in [-0.2, 0) is 6.42 Å². The summed E-state index contributed by atoms with van der Waals surface area (Å²) in [5.74, 6) is 6.61. The minimum absolute atomic E-state index is 0.361. The number of benzene rings is 1. The highest BCUT2D eigenvalue weighted by Crippen LogP contribution is 2.28. The first-order chi connectivity index (χ1) is 9.28. The van der Waals surface area contributed by atoms with E-state index in [4.69, 9.17) is 17.4 Å². The zero-order chi connectivity index (χ0) is 13.5. The zero-order valence-corrected chi connectivity index (χ0v) is 12.3. The third-order valence-corrected chi connectivity index (χ3v) is 4.49. The van der Waals surface area contributed by atoms with Crippen molar-refractivity contribution in [3.8, 4) is 0 Å². The normalized spacial score (nSPS) is 18.4. The molecule has 3 N–H and O–H groups in total. The van der Waals surface area contributed by atoms with E-state index in [0.29, 0.717) is 6.04 Å². The van der Waals surface area contributed by atoms with E-state index in [2.05, 4.69) is 11.5 Å². The van der Waals surface area contributed by atoms with E-state index in [1.165, 1.54) is 44.1 Å². The Morgan fingerprint density at radius 1 is 1.26 bits per heavy atom. The minimum Gasteiger partial charge on any atom is -0.271 e. The van der Waals surface area contributed by atoms with Crippen LogP contribution in [0.4, 0.5) is 0 Å². The molecule has 2 nitrogen and oxygen atoms in total. The Bertz CT molecular complexity index is 375. The van der Waals surface area contributed by atoms with Gasteiger partial charge >= 0.3 is 0 Å². The van der Waals surface area contributed by atoms with Gasteiger partial charge in [0, 0.05) is 11.1 Å². The summed E-state index contributed by atoms with van der Waals surface area (Å²) in [5, 5.41) is 0.806. The van der Waals surface area contributed by atoms with E-state index >= 15 is 0 Å². The summed E-state index contributed by atoms with van der Waals surface area (Å²) in [4.78, 5) is 0. The van der Waals surface area contributed by atoms with Crippen LogP contribution in [0.1, 0.15) is 50.5 Å². The molecular weight excluding hydrogens is 256 g/mol. The lowest BCUT2D eigenvalue weighted by molar-refractivity contribution is 0.313. The van der Waals surface area contributed by atoms with Gasteiger partial charge in [0.05, 0.1) is 0 Å². The third kappa shape index (κ3) is 5.13. The Morgan fingerprint density at radius 3 is 2.74 bits per heavy atom. The van der Waals surface area contributed by atoms with Crippen LogP contribution in [0, 0.1) is 5.92 Å². The lowest BCUT2D eigenvalue weighted by Gasteiger charge is -2.24. The molecule has 1 aliphatic rings. The van der Waals surface area contributed by atoms with Crippen molar-refractivity contribution in [3.05, 3.63) is 34.9 Å². The van der Waals surface area contributed by atoms with E-state index in [0.717, 1.165) is 23.8 Å². The SMILES string of the molecule is NNC(CCC1CCCCC1)Cc1cccc(Cl)c1. The van der Waals surface area contributed by atoms with Crippen molar-refractivity contribution in [1.82, 2.24) is 5.43 Å². The molecule has 0 aliphatic heterocycles. The van der Waals surface area contributed by atoms with Crippen LogP contribution in [0.5, 0.6) is 0 Å². The molecule has 0 radical (unpaired) electrons. The lowest BCUT2D eigenvalue weighted by atomic mass is 9.84. The highest BCUT2D eigenvalue weighted by atomic mass is 35.5. The maximum absolute atomic E-state index is 6.02. The molecule has 0 aromatic heterocycles. The van der Waals surface area contributed by atoms with Crippen molar-refractivity contribution in [2.45, 2.75) is 57.4 Å². The van der Waals surface area contributed by atoms with Crippen molar-refractivity contribution in [2.75, 3.05) is 0 Å². The standard InChI is InChI=1S/C16H25ClN2/c17-15-8-4-7-14(11-15)12-16(19-18)10-9-13-5-2-1-3-6-13/h4,7-8,11,13,16,19H,1-3,5-6,9-10,12,18H2. The quantitative estimate of drug-likeness (QED) is 0.609. The summed E-state index contributed by atoms with van der Waals surface area (Å²) in [6, 6.07) is 8.44. The van der Waals surface area contributed by atoms with Gasteiger partial charge in [0.25, 0.3) is 0 Å². The van der Waals surface area contributed by atoms with E-state index in [1.807, 2.05) is 18.2 Å². The van der Waals surface area contributed by atoms with Gasteiger partial charge in [-0.25, -0.2) is 0 Å². The molecule has 0 saturated heterocycles. The monoisotopic (exact) mass is 280 g/mol. The first-order valence-electron chi connectivity index (χ1n) is 7.48. The molecule has 1 aromatic carbocycles. The van der Waals surface area contributed by atoms with Crippen LogP contribution in [0.15, 0.2) is 24.3 Å². The summed E-state index contributed by atoms with van der Waals surface area (Å²) in [6.07, 6.45) is 10.5. The molecule has 1 saturated carbocycles. The lowest BCUT2D eigenvalue weighted by Crippen LogP contribution is -2.37. The fourth-order valence-electron chi connectivity index (χ4n) is 3.11. The van der Waals surface area contributed by atoms with E-state index in [9.17, 15) is 0 Å². The first kappa shape index (κ1) is 14.8. The van der Waals surface area contributed by atoms with Crippen LogP contribution in [0.25, 0.3) is 0 Å². The molecule has 1 atom stereocenters. The first-order valence-corrected chi connectivity index (χ1v) is 7.86. The number of nitrogens with one attached hydrogen (secondary N) is 1. The highest BCUT2D eigenvalue weighted by Gasteiger charge is 2.16. The molecule has 2 rings (SSSR count). The van der Waals surface area contributed by atoms with Crippen molar-refractivity contribution in [2.24, 2.45) is 11.8 Å². The summed E-state index contributed by atoms with van der Waals surface area (Å²) < 4.78 is 0. The minimum atomic E-state index is 0.361. The molecule has 106 valence electrons. The molecule has 1 fully saturated rings. The van der Waals surface area contributed by atoms with Gasteiger partial charge in [-0.2, -0.15) is 0 Å². The van der Waals surface area contributed by atoms with Gasteiger partial charge < -0.3 is 0 Å². The Morgan fingerprint density at radius 2 is 2.05 bits per heavy atom. The maximum atomic E-state index is 6.02. The predicted molar refractivity (Wildman–Crippen MR) is 82.1 cm³/mol. The molecule has 19 heavy (non-hydrogen) atoms.